The average Bonchev–Trinajstić information content (AvgIpc) is 2.61. The molecule has 1 nitrogen and oxygen atoms in total. The first-order chi connectivity index (χ1) is 11.4. The largest absolute Gasteiger partial charge is 0.396 e. The zero-order valence-corrected chi connectivity index (χ0v) is 15.2. The van der Waals surface area contributed by atoms with Gasteiger partial charge < -0.3 is 5.11 Å². The predicted octanol–water partition coefficient (Wildman–Crippen LogP) is 6.37. The molecule has 1 N–H and O–H groups in total. The molecular weight excluding hydrogens is 300 g/mol. The van der Waals surface area contributed by atoms with Gasteiger partial charge in [-0.2, -0.15) is 0 Å². The summed E-state index contributed by atoms with van der Waals surface area (Å²) >= 11 is 2.07. The number of allylic oxidation sites excluding steroid dienone is 1. The number of hydrogen-bond acceptors (Lipinski definition) is 2. The van der Waals surface area contributed by atoms with Crippen molar-refractivity contribution in [3.8, 4) is 0 Å². The lowest BCUT2D eigenvalue weighted by molar-refractivity contribution is 0.282. The van der Waals surface area contributed by atoms with Gasteiger partial charge >= 0.3 is 0 Å². The van der Waals surface area contributed by atoms with Gasteiger partial charge in [-0.3, -0.25) is 0 Å². The van der Waals surface area contributed by atoms with Crippen molar-refractivity contribution >= 4 is 11.8 Å². The molecule has 1 aromatic carbocycles. The summed E-state index contributed by atoms with van der Waals surface area (Å²) in [7, 11) is 0. The second-order valence-electron chi connectivity index (χ2n) is 6.58. The molecule has 2 rings (SSSR count). The van der Waals surface area contributed by atoms with Gasteiger partial charge in [0.25, 0.3) is 0 Å². The number of rotatable bonds is 11. The fourth-order valence-electron chi connectivity index (χ4n) is 3.29. The molecule has 0 saturated heterocycles. The van der Waals surface area contributed by atoms with Crippen LogP contribution in [-0.4, -0.2) is 17.0 Å². The zero-order valence-electron chi connectivity index (χ0n) is 14.4. The summed E-state index contributed by atoms with van der Waals surface area (Å²) < 4.78 is 0. The quantitative estimate of drug-likeness (QED) is 0.288. The highest BCUT2D eigenvalue weighted by atomic mass is 32.2. The first kappa shape index (κ1) is 18.6. The van der Waals surface area contributed by atoms with Crippen molar-refractivity contribution in [2.75, 3.05) is 6.61 Å². The molecule has 0 spiro atoms. The van der Waals surface area contributed by atoms with Gasteiger partial charge in [-0.15, -0.1) is 11.8 Å². The number of hydrogen-bond donors (Lipinski definition) is 1. The molecule has 1 aliphatic carbocycles. The Morgan fingerprint density at radius 3 is 2.35 bits per heavy atom. The van der Waals surface area contributed by atoms with Crippen LogP contribution in [0.2, 0.25) is 0 Å². The second kappa shape index (κ2) is 11.8. The fourth-order valence-corrected chi connectivity index (χ4v) is 4.58. The minimum Gasteiger partial charge on any atom is -0.396 e. The summed E-state index contributed by atoms with van der Waals surface area (Å²) in [5.74, 6) is 0. The third kappa shape index (κ3) is 7.58. The van der Waals surface area contributed by atoms with Crippen LogP contribution in [0.5, 0.6) is 0 Å². The van der Waals surface area contributed by atoms with Crippen molar-refractivity contribution in [1.29, 1.82) is 0 Å². The van der Waals surface area contributed by atoms with E-state index in [2.05, 4.69) is 48.2 Å². The predicted molar refractivity (Wildman–Crippen MR) is 102 cm³/mol. The lowest BCUT2D eigenvalue weighted by atomic mass is 9.94. The third-order valence-electron chi connectivity index (χ3n) is 4.64. The molecule has 1 unspecified atom stereocenters. The van der Waals surface area contributed by atoms with Crippen molar-refractivity contribution in [3.63, 3.8) is 0 Å². The van der Waals surface area contributed by atoms with E-state index in [1.807, 2.05) is 0 Å². The van der Waals surface area contributed by atoms with Gasteiger partial charge in [0, 0.05) is 16.8 Å². The Hall–Kier alpha value is -0.730. The van der Waals surface area contributed by atoms with E-state index in [1.54, 1.807) is 5.57 Å². The van der Waals surface area contributed by atoms with E-state index in [9.17, 15) is 0 Å². The number of benzene rings is 1. The maximum Gasteiger partial charge on any atom is 0.0431 e. The first-order valence-electron chi connectivity index (χ1n) is 9.41. The molecule has 1 aliphatic rings. The fraction of sp³-hybridized carbons (Fsp3) is 0.619. The third-order valence-corrected chi connectivity index (χ3v) is 6.00. The molecule has 128 valence electrons. The van der Waals surface area contributed by atoms with Crippen molar-refractivity contribution in [1.82, 2.24) is 0 Å². The summed E-state index contributed by atoms with van der Waals surface area (Å²) in [4.78, 5) is 1.41. The summed E-state index contributed by atoms with van der Waals surface area (Å²) in [6.45, 7) is 0.351. The molecule has 1 atom stereocenters. The smallest absolute Gasteiger partial charge is 0.0431 e. The Kier molecular flexibility index (Phi) is 9.51. The molecule has 0 heterocycles. The van der Waals surface area contributed by atoms with Crippen LogP contribution < -0.4 is 0 Å². The molecule has 0 aromatic heterocycles. The van der Waals surface area contributed by atoms with Crippen molar-refractivity contribution < 1.29 is 5.11 Å². The van der Waals surface area contributed by atoms with Gasteiger partial charge in [0.15, 0.2) is 0 Å². The molecule has 0 fully saturated rings. The van der Waals surface area contributed by atoms with Gasteiger partial charge in [-0.1, -0.05) is 62.0 Å². The van der Waals surface area contributed by atoms with Gasteiger partial charge in [-0.05, 0) is 50.7 Å². The van der Waals surface area contributed by atoms with E-state index in [0.717, 1.165) is 6.42 Å². The van der Waals surface area contributed by atoms with Crippen molar-refractivity contribution in [2.45, 2.75) is 80.8 Å². The standard InChI is InChI=1S/C21H32OS/c22-18-12-4-2-1-3-11-17-21(19-13-7-5-8-14-19)23-20-15-9-6-10-16-20/h6,9-10,13,15-16,21-22H,1-5,7-8,11-12,14,17-18H2. The van der Waals surface area contributed by atoms with Crippen LogP contribution in [0.1, 0.15) is 70.6 Å². The van der Waals surface area contributed by atoms with Crippen LogP contribution in [-0.2, 0) is 0 Å². The molecule has 0 bridgehead atoms. The highest BCUT2D eigenvalue weighted by Gasteiger charge is 2.17. The van der Waals surface area contributed by atoms with Crippen LogP contribution >= 0.6 is 11.8 Å². The Labute approximate surface area is 146 Å². The van der Waals surface area contributed by atoms with E-state index < -0.39 is 0 Å². The minimum atomic E-state index is 0.351. The Balaban J connectivity index is 1.78. The summed E-state index contributed by atoms with van der Waals surface area (Å²) in [6.07, 6.45) is 16.6. The average molecular weight is 333 g/mol. The maximum atomic E-state index is 8.82. The highest BCUT2D eigenvalue weighted by molar-refractivity contribution is 8.00. The van der Waals surface area contributed by atoms with Crippen LogP contribution in [0.3, 0.4) is 0 Å². The number of aliphatic hydroxyl groups excluding tert-OH is 1. The molecule has 2 heteroatoms. The molecule has 0 amide bonds. The van der Waals surface area contributed by atoms with E-state index in [4.69, 9.17) is 5.11 Å². The molecule has 23 heavy (non-hydrogen) atoms. The molecule has 0 saturated carbocycles. The van der Waals surface area contributed by atoms with Gasteiger partial charge in [-0.25, -0.2) is 0 Å². The lowest BCUT2D eigenvalue weighted by Crippen LogP contribution is -2.09. The van der Waals surface area contributed by atoms with E-state index in [1.165, 1.54) is 69.1 Å². The Bertz CT molecular complexity index is 440. The number of aliphatic hydroxyl groups is 1. The normalized spacial score (nSPS) is 16.1. The molecule has 0 radical (unpaired) electrons. The summed E-state index contributed by atoms with van der Waals surface area (Å²) in [5, 5.41) is 9.49. The van der Waals surface area contributed by atoms with Crippen LogP contribution in [0.4, 0.5) is 0 Å². The van der Waals surface area contributed by atoms with Crippen LogP contribution in [0.15, 0.2) is 46.9 Å². The monoisotopic (exact) mass is 332 g/mol. The van der Waals surface area contributed by atoms with Crippen molar-refractivity contribution in [2.24, 2.45) is 0 Å². The summed E-state index contributed by atoms with van der Waals surface area (Å²) in [5.41, 5.74) is 1.70. The van der Waals surface area contributed by atoms with Gasteiger partial charge in [0.2, 0.25) is 0 Å². The number of thioether (sulfide) groups is 1. The summed E-state index contributed by atoms with van der Waals surface area (Å²) in [6, 6.07) is 10.9. The number of unbranched alkanes of at least 4 members (excludes halogenated alkanes) is 5. The SMILES string of the molecule is OCCCCCCCCC(Sc1ccccc1)C1=CCCCC1. The second-order valence-corrected chi connectivity index (χ2v) is 7.85. The topological polar surface area (TPSA) is 20.2 Å². The maximum absolute atomic E-state index is 8.82. The highest BCUT2D eigenvalue weighted by Crippen LogP contribution is 2.35. The van der Waals surface area contributed by atoms with E-state index >= 15 is 0 Å². The van der Waals surface area contributed by atoms with E-state index in [-0.39, 0.29) is 0 Å². The first-order valence-corrected chi connectivity index (χ1v) is 10.3. The molecule has 0 aliphatic heterocycles. The van der Waals surface area contributed by atoms with Gasteiger partial charge in [0.1, 0.15) is 0 Å². The molecular formula is C21H32OS. The lowest BCUT2D eigenvalue weighted by Gasteiger charge is -2.23. The Morgan fingerprint density at radius 1 is 0.913 bits per heavy atom. The van der Waals surface area contributed by atoms with Gasteiger partial charge in [0.05, 0.1) is 0 Å². The Morgan fingerprint density at radius 2 is 1.65 bits per heavy atom. The van der Waals surface area contributed by atoms with E-state index in [0.29, 0.717) is 11.9 Å². The van der Waals surface area contributed by atoms with Crippen LogP contribution in [0, 0.1) is 0 Å². The van der Waals surface area contributed by atoms with Crippen LogP contribution in [0.25, 0.3) is 0 Å². The minimum absolute atomic E-state index is 0.351. The molecule has 1 aromatic rings. The zero-order chi connectivity index (χ0) is 16.2. The van der Waals surface area contributed by atoms with Crippen molar-refractivity contribution in [3.05, 3.63) is 42.0 Å².